The summed E-state index contributed by atoms with van der Waals surface area (Å²) in [6.07, 6.45) is 2.75. The lowest BCUT2D eigenvalue weighted by molar-refractivity contribution is -0.0825. The summed E-state index contributed by atoms with van der Waals surface area (Å²) in [4.78, 5) is 11.9. The third kappa shape index (κ3) is 7.46. The maximum atomic E-state index is 11.9. The lowest BCUT2D eigenvalue weighted by atomic mass is 9.95. The summed E-state index contributed by atoms with van der Waals surface area (Å²) >= 11 is 0. The summed E-state index contributed by atoms with van der Waals surface area (Å²) in [5, 5.41) is 0. The lowest BCUT2D eigenvalue weighted by Crippen LogP contribution is -2.17. The van der Waals surface area contributed by atoms with E-state index < -0.39 is 0 Å². The number of methoxy groups -OCH3 is 1. The summed E-state index contributed by atoms with van der Waals surface area (Å²) in [5.74, 6) is -0.317. The van der Waals surface area contributed by atoms with Crippen LogP contribution in [0.2, 0.25) is 0 Å². The van der Waals surface area contributed by atoms with Gasteiger partial charge in [-0.05, 0) is 48.3 Å². The molecular formula is C24H30O5. The van der Waals surface area contributed by atoms with Crippen LogP contribution in [0, 0.1) is 0 Å². The van der Waals surface area contributed by atoms with Crippen LogP contribution >= 0.6 is 0 Å². The van der Waals surface area contributed by atoms with E-state index in [2.05, 4.69) is 25.1 Å². The number of carbonyl (C=O) groups excluding carboxylic acids is 1. The van der Waals surface area contributed by atoms with Crippen molar-refractivity contribution in [3.63, 3.8) is 0 Å². The van der Waals surface area contributed by atoms with Crippen LogP contribution in [0.5, 0.6) is 0 Å². The first kappa shape index (κ1) is 22.8. The number of esters is 1. The van der Waals surface area contributed by atoms with E-state index in [9.17, 15) is 4.79 Å². The van der Waals surface area contributed by atoms with Crippen molar-refractivity contribution >= 4 is 17.6 Å². The number of hydrogen-bond donors (Lipinski definition) is 0. The Kier molecular flexibility index (Phi) is 10.1. The Labute approximate surface area is 173 Å². The van der Waals surface area contributed by atoms with E-state index in [1.807, 2.05) is 30.3 Å². The molecule has 0 N–H and O–H groups in total. The van der Waals surface area contributed by atoms with Gasteiger partial charge in [0.25, 0.3) is 0 Å². The molecule has 2 rings (SSSR count). The molecule has 0 aliphatic heterocycles. The average molecular weight is 398 g/mol. The van der Waals surface area contributed by atoms with Gasteiger partial charge in [-0.3, -0.25) is 0 Å². The standard InChI is InChI=1S/C24H30O5/c1-4-23(29-18-27-16-15-26-3)22(17-19-9-7-6-8-10-19)20-11-13-21(14-12-20)24(25)28-5-2/h6-14,17,23H,4-5,15-16,18H2,1-3H3/b22-17-. The van der Waals surface area contributed by atoms with Gasteiger partial charge in [0.15, 0.2) is 0 Å². The average Bonchev–Trinajstić information content (AvgIpc) is 2.76. The molecule has 0 saturated carbocycles. The molecule has 0 aliphatic rings. The number of benzene rings is 2. The van der Waals surface area contributed by atoms with E-state index in [1.54, 1.807) is 26.2 Å². The largest absolute Gasteiger partial charge is 0.462 e. The van der Waals surface area contributed by atoms with E-state index in [0.29, 0.717) is 25.4 Å². The van der Waals surface area contributed by atoms with Crippen LogP contribution in [0.4, 0.5) is 0 Å². The van der Waals surface area contributed by atoms with Crippen LogP contribution in [-0.2, 0) is 18.9 Å². The molecule has 0 bridgehead atoms. The second-order valence-electron chi connectivity index (χ2n) is 6.39. The molecule has 0 aromatic heterocycles. The molecule has 2 aromatic rings. The lowest BCUT2D eigenvalue weighted by Gasteiger charge is -2.21. The summed E-state index contributed by atoms with van der Waals surface area (Å²) in [6, 6.07) is 17.5. The predicted octanol–water partition coefficient (Wildman–Crippen LogP) is 4.82. The zero-order valence-corrected chi connectivity index (χ0v) is 17.4. The number of rotatable bonds is 12. The molecule has 5 heteroatoms. The quantitative estimate of drug-likeness (QED) is 0.222. The van der Waals surface area contributed by atoms with E-state index in [0.717, 1.165) is 23.1 Å². The van der Waals surface area contributed by atoms with Crippen LogP contribution in [0.25, 0.3) is 11.6 Å². The van der Waals surface area contributed by atoms with Crippen molar-refractivity contribution in [1.29, 1.82) is 0 Å². The first-order valence-corrected chi connectivity index (χ1v) is 9.92. The summed E-state index contributed by atoms with van der Waals surface area (Å²) in [7, 11) is 1.64. The van der Waals surface area contributed by atoms with Gasteiger partial charge in [0.05, 0.1) is 31.5 Å². The Hall–Kier alpha value is -2.47. The highest BCUT2D eigenvalue weighted by Crippen LogP contribution is 2.26. The van der Waals surface area contributed by atoms with Gasteiger partial charge in [0.1, 0.15) is 6.79 Å². The van der Waals surface area contributed by atoms with Crippen molar-refractivity contribution in [3.8, 4) is 0 Å². The monoisotopic (exact) mass is 398 g/mol. The van der Waals surface area contributed by atoms with Gasteiger partial charge >= 0.3 is 5.97 Å². The van der Waals surface area contributed by atoms with E-state index in [-0.39, 0.29) is 18.9 Å². The summed E-state index contributed by atoms with van der Waals surface area (Å²) in [6.45, 7) is 5.43. The smallest absolute Gasteiger partial charge is 0.338 e. The zero-order chi connectivity index (χ0) is 20.9. The molecule has 0 saturated heterocycles. The maximum absolute atomic E-state index is 11.9. The molecule has 0 spiro atoms. The predicted molar refractivity (Wildman–Crippen MR) is 115 cm³/mol. The van der Waals surface area contributed by atoms with Crippen LogP contribution in [0.3, 0.4) is 0 Å². The molecule has 0 heterocycles. The third-order valence-electron chi connectivity index (χ3n) is 4.35. The van der Waals surface area contributed by atoms with Crippen molar-refractivity contribution in [2.75, 3.05) is 33.7 Å². The molecule has 29 heavy (non-hydrogen) atoms. The fourth-order valence-electron chi connectivity index (χ4n) is 2.86. The first-order chi connectivity index (χ1) is 14.2. The number of hydrogen-bond acceptors (Lipinski definition) is 5. The van der Waals surface area contributed by atoms with Gasteiger partial charge in [0, 0.05) is 7.11 Å². The highest BCUT2D eigenvalue weighted by atomic mass is 16.7. The number of carbonyl (C=O) groups is 1. The SMILES string of the molecule is CCOC(=O)c1ccc(/C(=C/c2ccccc2)C(CC)OCOCCOC)cc1. The van der Waals surface area contributed by atoms with Gasteiger partial charge < -0.3 is 18.9 Å². The topological polar surface area (TPSA) is 54.0 Å². The molecule has 1 atom stereocenters. The van der Waals surface area contributed by atoms with Crippen molar-refractivity contribution in [3.05, 3.63) is 71.3 Å². The minimum Gasteiger partial charge on any atom is -0.462 e. The van der Waals surface area contributed by atoms with E-state index in [4.69, 9.17) is 18.9 Å². The molecule has 0 aliphatic carbocycles. The second-order valence-corrected chi connectivity index (χ2v) is 6.39. The fourth-order valence-corrected chi connectivity index (χ4v) is 2.86. The van der Waals surface area contributed by atoms with E-state index >= 15 is 0 Å². The van der Waals surface area contributed by atoms with Crippen molar-refractivity contribution < 1.29 is 23.7 Å². The highest BCUT2D eigenvalue weighted by molar-refractivity contribution is 5.91. The van der Waals surface area contributed by atoms with Crippen molar-refractivity contribution in [1.82, 2.24) is 0 Å². The van der Waals surface area contributed by atoms with Crippen LogP contribution < -0.4 is 0 Å². The third-order valence-corrected chi connectivity index (χ3v) is 4.35. The Morgan fingerprint density at radius 3 is 2.28 bits per heavy atom. The van der Waals surface area contributed by atoms with Gasteiger partial charge in [-0.2, -0.15) is 0 Å². The molecule has 0 radical (unpaired) electrons. The Bertz CT molecular complexity index is 753. The second kappa shape index (κ2) is 12.9. The maximum Gasteiger partial charge on any atom is 0.338 e. The fraction of sp³-hybridized carbons (Fsp3) is 0.375. The van der Waals surface area contributed by atoms with Gasteiger partial charge in [-0.15, -0.1) is 0 Å². The van der Waals surface area contributed by atoms with Gasteiger partial charge in [-0.1, -0.05) is 49.4 Å². The molecule has 5 nitrogen and oxygen atoms in total. The Morgan fingerprint density at radius 1 is 0.966 bits per heavy atom. The van der Waals surface area contributed by atoms with Crippen LogP contribution in [-0.4, -0.2) is 45.8 Å². The molecule has 2 aromatic carbocycles. The van der Waals surface area contributed by atoms with Gasteiger partial charge in [-0.25, -0.2) is 4.79 Å². The van der Waals surface area contributed by atoms with E-state index in [1.165, 1.54) is 0 Å². The molecule has 1 unspecified atom stereocenters. The molecular weight excluding hydrogens is 368 g/mol. The summed E-state index contributed by atoms with van der Waals surface area (Å²) in [5.41, 5.74) is 3.64. The Balaban J connectivity index is 2.24. The zero-order valence-electron chi connectivity index (χ0n) is 17.4. The van der Waals surface area contributed by atoms with Crippen LogP contribution in [0.15, 0.2) is 54.6 Å². The molecule has 156 valence electrons. The summed E-state index contributed by atoms with van der Waals surface area (Å²) < 4.78 is 21.6. The first-order valence-electron chi connectivity index (χ1n) is 9.92. The molecule has 0 fully saturated rings. The minimum atomic E-state index is -0.317. The minimum absolute atomic E-state index is 0.147. The van der Waals surface area contributed by atoms with Crippen molar-refractivity contribution in [2.45, 2.75) is 26.4 Å². The molecule has 0 amide bonds. The van der Waals surface area contributed by atoms with Crippen LogP contribution in [0.1, 0.15) is 41.8 Å². The normalized spacial score (nSPS) is 12.6. The highest BCUT2D eigenvalue weighted by Gasteiger charge is 2.16. The Morgan fingerprint density at radius 2 is 1.66 bits per heavy atom. The van der Waals surface area contributed by atoms with Crippen molar-refractivity contribution in [2.24, 2.45) is 0 Å². The number of ether oxygens (including phenoxy) is 4. The van der Waals surface area contributed by atoms with Gasteiger partial charge in [0.2, 0.25) is 0 Å².